The average Bonchev–Trinajstić information content (AvgIpc) is 2.65. The van der Waals surface area contributed by atoms with Crippen molar-refractivity contribution in [3.63, 3.8) is 0 Å². The molecule has 1 rings (SSSR count). The van der Waals surface area contributed by atoms with Crippen LogP contribution in [-0.2, 0) is 11.2 Å². The minimum absolute atomic E-state index is 0.240. The number of Topliss-reactive ketones (excluding diaryl/α,β-unsaturated/α-hetero) is 1. The molecule has 0 saturated heterocycles. The molecule has 1 heterocycles. The smallest absolute Gasteiger partial charge is 0.142 e. The fourth-order valence-corrected chi connectivity index (χ4v) is 2.60. The first-order valence-corrected chi connectivity index (χ1v) is 6.99. The Morgan fingerprint density at radius 2 is 2.25 bits per heavy atom. The van der Waals surface area contributed by atoms with E-state index in [0.29, 0.717) is 12.2 Å². The Hall–Kier alpha value is -0.700. The number of rotatable bonds is 7. The van der Waals surface area contributed by atoms with Gasteiger partial charge in [0.2, 0.25) is 0 Å². The van der Waals surface area contributed by atoms with Crippen molar-refractivity contribution in [1.82, 2.24) is 4.98 Å². The van der Waals surface area contributed by atoms with Gasteiger partial charge in [-0.05, 0) is 19.8 Å². The molecule has 1 aromatic rings. The number of nitrogens with zero attached hydrogens (tertiary/aromatic N) is 1. The predicted octanol–water partition coefficient (Wildman–Crippen LogP) is 3.78. The van der Waals surface area contributed by atoms with Gasteiger partial charge in [0.1, 0.15) is 10.8 Å². The molecular formula is C13H21NOS. The number of ketones is 1. The molecular weight excluding hydrogens is 218 g/mol. The van der Waals surface area contributed by atoms with Crippen molar-refractivity contribution in [2.24, 2.45) is 5.92 Å². The SMILES string of the molecule is CCCCC(CC)C(=O)Cc1nc(C)cs1. The fraction of sp³-hybridized carbons (Fsp3) is 0.692. The monoisotopic (exact) mass is 239 g/mol. The van der Waals surface area contributed by atoms with Crippen LogP contribution in [0.1, 0.15) is 50.2 Å². The number of carbonyl (C=O) groups is 1. The zero-order valence-electron chi connectivity index (χ0n) is 10.5. The predicted molar refractivity (Wildman–Crippen MR) is 68.9 cm³/mol. The Bertz CT molecular complexity index is 332. The highest BCUT2D eigenvalue weighted by molar-refractivity contribution is 7.09. The third kappa shape index (κ3) is 4.05. The molecule has 0 aliphatic heterocycles. The molecule has 0 aromatic carbocycles. The van der Waals surface area contributed by atoms with E-state index < -0.39 is 0 Å². The van der Waals surface area contributed by atoms with Gasteiger partial charge in [-0.3, -0.25) is 4.79 Å². The minimum atomic E-state index is 0.240. The second-order valence-corrected chi connectivity index (χ2v) is 5.22. The van der Waals surface area contributed by atoms with E-state index in [2.05, 4.69) is 18.8 Å². The molecule has 1 aromatic heterocycles. The summed E-state index contributed by atoms with van der Waals surface area (Å²) < 4.78 is 0. The van der Waals surface area contributed by atoms with E-state index in [1.54, 1.807) is 11.3 Å². The highest BCUT2D eigenvalue weighted by atomic mass is 32.1. The number of hydrogen-bond acceptors (Lipinski definition) is 3. The Balaban J connectivity index is 2.49. The van der Waals surface area contributed by atoms with Gasteiger partial charge in [-0.1, -0.05) is 26.7 Å². The molecule has 0 bridgehead atoms. The topological polar surface area (TPSA) is 30.0 Å². The van der Waals surface area contributed by atoms with Crippen molar-refractivity contribution in [3.8, 4) is 0 Å². The van der Waals surface area contributed by atoms with Crippen LogP contribution in [0, 0.1) is 12.8 Å². The molecule has 2 nitrogen and oxygen atoms in total. The molecule has 0 aliphatic rings. The Morgan fingerprint density at radius 3 is 2.75 bits per heavy atom. The lowest BCUT2D eigenvalue weighted by atomic mass is 9.93. The van der Waals surface area contributed by atoms with Crippen LogP contribution in [0.5, 0.6) is 0 Å². The Kier molecular flexibility index (Phi) is 5.67. The number of unbranched alkanes of at least 4 members (excludes halogenated alkanes) is 1. The van der Waals surface area contributed by atoms with Crippen LogP contribution in [0.25, 0.3) is 0 Å². The summed E-state index contributed by atoms with van der Waals surface area (Å²) in [6.45, 7) is 6.24. The summed E-state index contributed by atoms with van der Waals surface area (Å²) in [6, 6.07) is 0. The lowest BCUT2D eigenvalue weighted by Gasteiger charge is -2.11. The quantitative estimate of drug-likeness (QED) is 0.725. The standard InChI is InChI=1S/C13H21NOS/c1-4-6-7-11(5-2)12(15)8-13-14-10(3)9-16-13/h9,11H,4-8H2,1-3H3. The molecule has 1 unspecified atom stereocenters. The first kappa shape index (κ1) is 13.4. The van der Waals surface area contributed by atoms with Gasteiger partial charge in [-0.25, -0.2) is 4.98 Å². The average molecular weight is 239 g/mol. The first-order valence-electron chi connectivity index (χ1n) is 6.11. The van der Waals surface area contributed by atoms with Crippen molar-refractivity contribution in [1.29, 1.82) is 0 Å². The van der Waals surface area contributed by atoms with Gasteiger partial charge < -0.3 is 0 Å². The van der Waals surface area contributed by atoms with E-state index in [1.165, 1.54) is 6.42 Å². The van der Waals surface area contributed by atoms with Crippen LogP contribution in [0.4, 0.5) is 0 Å². The molecule has 0 saturated carbocycles. The number of aromatic nitrogens is 1. The third-order valence-corrected chi connectivity index (χ3v) is 3.81. The largest absolute Gasteiger partial charge is 0.299 e. The van der Waals surface area contributed by atoms with Crippen LogP contribution >= 0.6 is 11.3 Å². The highest BCUT2D eigenvalue weighted by Crippen LogP contribution is 2.18. The van der Waals surface area contributed by atoms with Crippen molar-refractivity contribution in [3.05, 3.63) is 16.1 Å². The molecule has 0 N–H and O–H groups in total. The van der Waals surface area contributed by atoms with Crippen LogP contribution in [-0.4, -0.2) is 10.8 Å². The van der Waals surface area contributed by atoms with Crippen molar-refractivity contribution < 1.29 is 4.79 Å². The summed E-state index contributed by atoms with van der Waals surface area (Å²) in [6.07, 6.45) is 4.85. The zero-order chi connectivity index (χ0) is 12.0. The van der Waals surface area contributed by atoms with Gasteiger partial charge in [0.05, 0.1) is 6.42 Å². The van der Waals surface area contributed by atoms with Crippen molar-refractivity contribution in [2.45, 2.75) is 52.9 Å². The van der Waals surface area contributed by atoms with Gasteiger partial charge in [-0.2, -0.15) is 0 Å². The fourth-order valence-electron chi connectivity index (χ4n) is 1.82. The summed E-state index contributed by atoms with van der Waals surface area (Å²) in [5, 5.41) is 2.98. The normalized spacial score (nSPS) is 12.7. The summed E-state index contributed by atoms with van der Waals surface area (Å²) in [7, 11) is 0. The van der Waals surface area contributed by atoms with Crippen molar-refractivity contribution >= 4 is 17.1 Å². The Labute approximate surface area is 102 Å². The summed E-state index contributed by atoms with van der Waals surface area (Å²) in [5.41, 5.74) is 1.02. The van der Waals surface area contributed by atoms with E-state index in [1.807, 2.05) is 12.3 Å². The van der Waals surface area contributed by atoms with Crippen LogP contribution in [0.3, 0.4) is 0 Å². The second-order valence-electron chi connectivity index (χ2n) is 4.27. The minimum Gasteiger partial charge on any atom is -0.299 e. The maximum absolute atomic E-state index is 12.0. The van der Waals surface area contributed by atoms with Crippen LogP contribution in [0.2, 0.25) is 0 Å². The number of aryl methyl sites for hydroxylation is 1. The van der Waals surface area contributed by atoms with E-state index in [-0.39, 0.29) is 5.92 Å². The maximum Gasteiger partial charge on any atom is 0.142 e. The Morgan fingerprint density at radius 1 is 1.50 bits per heavy atom. The third-order valence-electron chi connectivity index (χ3n) is 2.85. The zero-order valence-corrected chi connectivity index (χ0v) is 11.3. The molecule has 0 amide bonds. The van der Waals surface area contributed by atoms with Gasteiger partial charge >= 0.3 is 0 Å². The van der Waals surface area contributed by atoms with Gasteiger partial charge in [0.15, 0.2) is 0 Å². The maximum atomic E-state index is 12.0. The van der Waals surface area contributed by atoms with E-state index in [4.69, 9.17) is 0 Å². The summed E-state index contributed by atoms with van der Waals surface area (Å²) >= 11 is 1.60. The molecule has 0 fully saturated rings. The lowest BCUT2D eigenvalue weighted by molar-refractivity contribution is -0.122. The molecule has 90 valence electrons. The molecule has 1 atom stereocenters. The summed E-state index contributed by atoms with van der Waals surface area (Å²) in [4.78, 5) is 16.4. The van der Waals surface area contributed by atoms with Gasteiger partial charge in [-0.15, -0.1) is 11.3 Å². The highest BCUT2D eigenvalue weighted by Gasteiger charge is 2.17. The molecule has 0 aliphatic carbocycles. The van der Waals surface area contributed by atoms with Gasteiger partial charge in [0, 0.05) is 17.0 Å². The molecule has 16 heavy (non-hydrogen) atoms. The van der Waals surface area contributed by atoms with E-state index in [0.717, 1.165) is 30.0 Å². The van der Waals surface area contributed by atoms with Gasteiger partial charge in [0.25, 0.3) is 0 Å². The molecule has 0 spiro atoms. The lowest BCUT2D eigenvalue weighted by Crippen LogP contribution is -2.16. The van der Waals surface area contributed by atoms with Crippen LogP contribution < -0.4 is 0 Å². The second kappa shape index (κ2) is 6.79. The van der Waals surface area contributed by atoms with Crippen molar-refractivity contribution in [2.75, 3.05) is 0 Å². The van der Waals surface area contributed by atoms with Crippen LogP contribution in [0.15, 0.2) is 5.38 Å². The molecule has 0 radical (unpaired) electrons. The first-order chi connectivity index (χ1) is 7.67. The molecule has 3 heteroatoms. The van der Waals surface area contributed by atoms with E-state index in [9.17, 15) is 4.79 Å². The number of thiazole rings is 1. The van der Waals surface area contributed by atoms with E-state index >= 15 is 0 Å². The number of carbonyl (C=O) groups excluding carboxylic acids is 1. The number of hydrogen-bond donors (Lipinski definition) is 0. The summed E-state index contributed by atoms with van der Waals surface area (Å²) in [5.74, 6) is 0.606.